The first-order valence-corrected chi connectivity index (χ1v) is 11.7. The van der Waals surface area contributed by atoms with E-state index in [2.05, 4.69) is 33.4 Å². The average molecular weight is 353 g/mol. The van der Waals surface area contributed by atoms with Crippen molar-refractivity contribution in [2.45, 2.75) is 117 Å². The van der Waals surface area contributed by atoms with E-state index in [9.17, 15) is 0 Å². The smallest absolute Gasteiger partial charge is 0.0786 e. The summed E-state index contributed by atoms with van der Waals surface area (Å²) in [5.74, 6) is 0. The van der Waals surface area contributed by atoms with Crippen LogP contribution in [0.5, 0.6) is 0 Å². The largest absolute Gasteiger partial charge is 0.324 e. The maximum Gasteiger partial charge on any atom is 0.0786 e. The molecule has 0 aromatic rings. The highest BCUT2D eigenvalue weighted by Crippen LogP contribution is 2.19. The maximum absolute atomic E-state index is 3.90. The molecule has 0 heterocycles. The third kappa shape index (κ3) is 14.5. The molecule has 0 aliphatic carbocycles. The SMILES string of the molecule is C=CCCCC[N+](CCCCCC)(CCCCCC)CCCCCC. The Hall–Kier alpha value is -0.300. The normalized spacial score (nSPS) is 11.8. The van der Waals surface area contributed by atoms with Gasteiger partial charge < -0.3 is 4.48 Å². The van der Waals surface area contributed by atoms with E-state index in [1.165, 1.54) is 127 Å². The van der Waals surface area contributed by atoms with Crippen molar-refractivity contribution in [2.24, 2.45) is 0 Å². The molecule has 0 spiro atoms. The molecule has 1 heteroatoms. The van der Waals surface area contributed by atoms with Gasteiger partial charge in [0, 0.05) is 0 Å². The summed E-state index contributed by atoms with van der Waals surface area (Å²) in [6.45, 7) is 16.6. The highest BCUT2D eigenvalue weighted by molar-refractivity contribution is 4.65. The van der Waals surface area contributed by atoms with Crippen LogP contribution in [-0.4, -0.2) is 30.7 Å². The van der Waals surface area contributed by atoms with Gasteiger partial charge in [-0.25, -0.2) is 0 Å². The van der Waals surface area contributed by atoms with Crippen LogP contribution in [0.25, 0.3) is 0 Å². The molecule has 0 fully saturated rings. The first-order chi connectivity index (χ1) is 12.2. The van der Waals surface area contributed by atoms with Crippen LogP contribution in [0.1, 0.15) is 117 Å². The van der Waals surface area contributed by atoms with Gasteiger partial charge in [0.25, 0.3) is 0 Å². The molecule has 0 aromatic carbocycles. The third-order valence-electron chi connectivity index (χ3n) is 5.75. The van der Waals surface area contributed by atoms with Crippen LogP contribution < -0.4 is 0 Å². The number of hydrogen-bond acceptors (Lipinski definition) is 0. The Morgan fingerprint density at radius 3 is 1.20 bits per heavy atom. The Labute approximate surface area is 160 Å². The van der Waals surface area contributed by atoms with Crippen LogP contribution in [-0.2, 0) is 0 Å². The molecule has 0 aromatic heterocycles. The van der Waals surface area contributed by atoms with Gasteiger partial charge in [-0.15, -0.1) is 6.58 Å². The molecular weight excluding hydrogens is 302 g/mol. The molecule has 0 unspecified atom stereocenters. The molecule has 1 nitrogen and oxygen atoms in total. The third-order valence-corrected chi connectivity index (χ3v) is 5.75. The minimum atomic E-state index is 1.20. The Morgan fingerprint density at radius 1 is 0.520 bits per heavy atom. The number of allylic oxidation sites excluding steroid dienone is 1. The number of quaternary nitrogens is 1. The predicted molar refractivity (Wildman–Crippen MR) is 116 cm³/mol. The summed E-state index contributed by atoms with van der Waals surface area (Å²) in [4.78, 5) is 0. The first-order valence-electron chi connectivity index (χ1n) is 11.7. The van der Waals surface area contributed by atoms with Gasteiger partial charge in [-0.3, -0.25) is 0 Å². The van der Waals surface area contributed by atoms with Crippen molar-refractivity contribution in [2.75, 3.05) is 26.2 Å². The summed E-state index contributed by atoms with van der Waals surface area (Å²) in [6, 6.07) is 0. The Balaban J connectivity index is 4.64. The van der Waals surface area contributed by atoms with Crippen molar-refractivity contribution in [3.63, 3.8) is 0 Å². The van der Waals surface area contributed by atoms with Crippen LogP contribution in [0.15, 0.2) is 12.7 Å². The second kappa shape index (κ2) is 18.5. The molecule has 0 saturated carbocycles. The number of unbranched alkanes of at least 4 members (excludes halogenated alkanes) is 11. The second-order valence-electron chi connectivity index (χ2n) is 8.20. The quantitative estimate of drug-likeness (QED) is 0.119. The van der Waals surface area contributed by atoms with Crippen molar-refractivity contribution in [3.05, 3.63) is 12.7 Å². The van der Waals surface area contributed by atoms with E-state index in [1.54, 1.807) is 0 Å². The molecule has 0 N–H and O–H groups in total. The lowest BCUT2D eigenvalue weighted by atomic mass is 10.1. The van der Waals surface area contributed by atoms with Crippen LogP contribution in [0.4, 0.5) is 0 Å². The zero-order valence-corrected chi connectivity index (χ0v) is 18.2. The second-order valence-corrected chi connectivity index (χ2v) is 8.20. The highest BCUT2D eigenvalue weighted by atomic mass is 15.3. The molecule has 0 atom stereocenters. The molecule has 0 saturated heterocycles. The van der Waals surface area contributed by atoms with Crippen molar-refractivity contribution in [1.82, 2.24) is 0 Å². The monoisotopic (exact) mass is 352 g/mol. The lowest BCUT2D eigenvalue weighted by Crippen LogP contribution is -2.50. The van der Waals surface area contributed by atoms with Crippen molar-refractivity contribution >= 4 is 0 Å². The van der Waals surface area contributed by atoms with E-state index in [-0.39, 0.29) is 0 Å². The summed E-state index contributed by atoms with van der Waals surface area (Å²) >= 11 is 0. The topological polar surface area (TPSA) is 0 Å². The number of hydrogen-bond donors (Lipinski definition) is 0. The summed E-state index contributed by atoms with van der Waals surface area (Å²) in [7, 11) is 0. The van der Waals surface area contributed by atoms with Gasteiger partial charge in [0.15, 0.2) is 0 Å². The van der Waals surface area contributed by atoms with E-state index in [1.807, 2.05) is 0 Å². The van der Waals surface area contributed by atoms with Crippen LogP contribution in [0.3, 0.4) is 0 Å². The zero-order valence-electron chi connectivity index (χ0n) is 18.2. The van der Waals surface area contributed by atoms with Gasteiger partial charge in [-0.2, -0.15) is 0 Å². The Bertz CT molecular complexity index is 240. The van der Waals surface area contributed by atoms with Crippen molar-refractivity contribution < 1.29 is 4.48 Å². The fraction of sp³-hybridized carbons (Fsp3) is 0.917. The molecule has 0 rings (SSSR count). The first kappa shape index (κ1) is 24.7. The molecular formula is C24H50N+. The highest BCUT2D eigenvalue weighted by Gasteiger charge is 2.25. The standard InChI is InChI=1S/C24H50N/c1-5-9-13-17-21-25(22-18-14-10-6-2,23-19-15-11-7-3)24-20-16-12-8-4/h5H,1,6-24H2,2-4H3/q+1. The van der Waals surface area contributed by atoms with Gasteiger partial charge in [0.2, 0.25) is 0 Å². The van der Waals surface area contributed by atoms with Crippen LogP contribution in [0, 0.1) is 0 Å². The van der Waals surface area contributed by atoms with Crippen molar-refractivity contribution in [3.8, 4) is 0 Å². The molecule has 0 aliphatic heterocycles. The van der Waals surface area contributed by atoms with Gasteiger partial charge in [0.05, 0.1) is 26.2 Å². The van der Waals surface area contributed by atoms with E-state index in [0.29, 0.717) is 0 Å². The van der Waals surface area contributed by atoms with Crippen LogP contribution in [0.2, 0.25) is 0 Å². The fourth-order valence-electron chi connectivity index (χ4n) is 4.03. The van der Waals surface area contributed by atoms with Crippen molar-refractivity contribution in [1.29, 1.82) is 0 Å². The van der Waals surface area contributed by atoms with Gasteiger partial charge in [0.1, 0.15) is 0 Å². The number of rotatable bonds is 20. The maximum atomic E-state index is 3.90. The van der Waals surface area contributed by atoms with Gasteiger partial charge in [-0.1, -0.05) is 65.4 Å². The summed E-state index contributed by atoms with van der Waals surface area (Å²) in [5.41, 5.74) is 0. The van der Waals surface area contributed by atoms with Gasteiger partial charge in [-0.05, 0) is 57.8 Å². The molecule has 150 valence electrons. The fourth-order valence-corrected chi connectivity index (χ4v) is 4.03. The Morgan fingerprint density at radius 2 is 0.880 bits per heavy atom. The summed E-state index contributed by atoms with van der Waals surface area (Å²) < 4.78 is 1.42. The minimum Gasteiger partial charge on any atom is -0.324 e. The number of nitrogens with zero attached hydrogens (tertiary/aromatic N) is 1. The lowest BCUT2D eigenvalue weighted by Gasteiger charge is -2.39. The molecule has 0 amide bonds. The molecule has 25 heavy (non-hydrogen) atoms. The summed E-state index contributed by atoms with van der Waals surface area (Å²) in [6.07, 6.45) is 23.0. The van der Waals surface area contributed by atoms with Gasteiger partial charge >= 0.3 is 0 Å². The zero-order chi connectivity index (χ0) is 18.6. The average Bonchev–Trinajstić information content (AvgIpc) is 2.63. The molecule has 0 radical (unpaired) electrons. The van der Waals surface area contributed by atoms with Crippen LogP contribution >= 0.6 is 0 Å². The lowest BCUT2D eigenvalue weighted by molar-refractivity contribution is -0.929. The summed E-state index contributed by atoms with van der Waals surface area (Å²) in [5, 5.41) is 0. The van der Waals surface area contributed by atoms with E-state index >= 15 is 0 Å². The molecule has 0 aliphatic rings. The van der Waals surface area contributed by atoms with E-state index < -0.39 is 0 Å². The van der Waals surface area contributed by atoms with E-state index in [0.717, 1.165) is 0 Å². The van der Waals surface area contributed by atoms with E-state index in [4.69, 9.17) is 0 Å². The minimum absolute atomic E-state index is 1.20. The molecule has 0 bridgehead atoms. The Kier molecular flexibility index (Phi) is 18.3. The predicted octanol–water partition coefficient (Wildman–Crippen LogP) is 7.90.